The monoisotopic (exact) mass is 490 g/mol. The molecule has 1 saturated carbocycles. The molecule has 5 heteroatoms. The van der Waals surface area contributed by atoms with E-state index in [0.29, 0.717) is 38.0 Å². The molecule has 35 heavy (non-hydrogen) atoms. The molecule has 4 aliphatic rings. The van der Waals surface area contributed by atoms with Gasteiger partial charge >= 0.3 is 0 Å². The lowest BCUT2D eigenvalue weighted by atomic mass is 9.73. The predicted octanol–water partition coefficient (Wildman–Crippen LogP) is 8.83. The highest BCUT2D eigenvalue weighted by Crippen LogP contribution is 2.45. The molecule has 0 aromatic heterocycles. The van der Waals surface area contributed by atoms with Gasteiger partial charge in [-0.3, -0.25) is 0 Å². The third-order valence-corrected chi connectivity index (χ3v) is 8.31. The average Bonchev–Trinajstić information content (AvgIpc) is 2.87. The fraction of sp³-hybridized carbons (Fsp3) is 0.667. The van der Waals surface area contributed by atoms with Gasteiger partial charge in [-0.25, -0.2) is 13.2 Å². The third-order valence-electron chi connectivity index (χ3n) is 8.31. The Morgan fingerprint density at radius 1 is 0.943 bits per heavy atom. The van der Waals surface area contributed by atoms with E-state index in [9.17, 15) is 4.39 Å². The minimum Gasteiger partial charge on any atom is -0.493 e. The van der Waals surface area contributed by atoms with Crippen LogP contribution in [0, 0.1) is 29.6 Å². The molecule has 1 fully saturated rings. The van der Waals surface area contributed by atoms with Crippen LogP contribution in [-0.2, 0) is 9.47 Å². The second kappa shape index (κ2) is 12.5. The molecule has 0 saturated heterocycles. The molecule has 2 nitrogen and oxygen atoms in total. The van der Waals surface area contributed by atoms with Gasteiger partial charge in [0.15, 0.2) is 5.83 Å². The summed E-state index contributed by atoms with van der Waals surface area (Å²) in [5.74, 6) is -0.244. The van der Waals surface area contributed by atoms with Gasteiger partial charge in [0.25, 0.3) is 0 Å². The van der Waals surface area contributed by atoms with Gasteiger partial charge in [-0.1, -0.05) is 31.9 Å². The maximum atomic E-state index is 15.2. The highest BCUT2D eigenvalue weighted by Gasteiger charge is 2.35. The van der Waals surface area contributed by atoms with Gasteiger partial charge in [0.1, 0.15) is 23.5 Å². The van der Waals surface area contributed by atoms with Gasteiger partial charge in [-0.2, -0.15) is 0 Å². The molecule has 0 heterocycles. The molecule has 4 unspecified atom stereocenters. The summed E-state index contributed by atoms with van der Waals surface area (Å²) in [6.07, 6.45) is 18.2. The van der Waals surface area contributed by atoms with Crippen molar-refractivity contribution in [2.24, 2.45) is 29.6 Å². The SMILES string of the molecule is CCCC1CCC(C2=CCC(C3C=CC(OCC4C=C(F)C(OCC)CC4)=CC3)C(F)=C2F)CC1. The summed E-state index contributed by atoms with van der Waals surface area (Å²) in [5, 5.41) is 0. The summed E-state index contributed by atoms with van der Waals surface area (Å²) >= 11 is 0. The van der Waals surface area contributed by atoms with Crippen LogP contribution in [-0.4, -0.2) is 19.3 Å². The predicted molar refractivity (Wildman–Crippen MR) is 134 cm³/mol. The van der Waals surface area contributed by atoms with Crippen molar-refractivity contribution in [2.45, 2.75) is 84.2 Å². The van der Waals surface area contributed by atoms with Gasteiger partial charge < -0.3 is 9.47 Å². The van der Waals surface area contributed by atoms with E-state index in [1.54, 1.807) is 6.08 Å². The van der Waals surface area contributed by atoms with Crippen molar-refractivity contribution < 1.29 is 22.6 Å². The summed E-state index contributed by atoms with van der Waals surface area (Å²) in [7, 11) is 0. The van der Waals surface area contributed by atoms with Crippen molar-refractivity contribution in [2.75, 3.05) is 13.2 Å². The zero-order valence-corrected chi connectivity index (χ0v) is 21.3. The molecule has 0 bridgehead atoms. The molecular formula is C30H41F3O2. The molecule has 0 N–H and O–H groups in total. The van der Waals surface area contributed by atoms with Crippen molar-refractivity contribution in [3.05, 3.63) is 59.2 Å². The van der Waals surface area contributed by atoms with Crippen LogP contribution in [0.4, 0.5) is 13.2 Å². The van der Waals surface area contributed by atoms with Crippen molar-refractivity contribution in [3.8, 4) is 0 Å². The summed E-state index contributed by atoms with van der Waals surface area (Å²) in [6.45, 7) is 5.00. The number of hydrogen-bond acceptors (Lipinski definition) is 2. The summed E-state index contributed by atoms with van der Waals surface area (Å²) in [6, 6.07) is 0. The number of allylic oxidation sites excluding steroid dienone is 7. The highest BCUT2D eigenvalue weighted by molar-refractivity contribution is 5.36. The Morgan fingerprint density at radius 2 is 1.74 bits per heavy atom. The standard InChI is InChI=1S/C30H41F3O2/c1-3-5-20-6-9-22(10-7-20)25-15-16-26(30(33)29(25)32)23-11-13-24(14-12-23)35-19-21-8-17-28(34-4-2)27(31)18-21/h11,13-15,18,20-23,26,28H,3-10,12,16-17,19H2,1-2H3. The minimum atomic E-state index is -0.601. The molecule has 4 rings (SSSR count). The molecule has 4 atom stereocenters. The van der Waals surface area contributed by atoms with Crippen LogP contribution in [0.5, 0.6) is 0 Å². The van der Waals surface area contributed by atoms with E-state index >= 15 is 8.78 Å². The first kappa shape index (κ1) is 26.3. The smallest absolute Gasteiger partial charge is 0.158 e. The first-order valence-corrected chi connectivity index (χ1v) is 13.8. The van der Waals surface area contributed by atoms with Gasteiger partial charge in [-0.05, 0) is 99.8 Å². The van der Waals surface area contributed by atoms with Crippen molar-refractivity contribution in [3.63, 3.8) is 0 Å². The molecular weight excluding hydrogens is 449 g/mol. The number of ether oxygens (including phenoxy) is 2. The van der Waals surface area contributed by atoms with Crippen LogP contribution in [0.2, 0.25) is 0 Å². The fourth-order valence-corrected chi connectivity index (χ4v) is 6.27. The molecule has 4 aliphatic carbocycles. The number of hydrogen-bond donors (Lipinski definition) is 0. The maximum absolute atomic E-state index is 15.2. The van der Waals surface area contributed by atoms with Crippen molar-refractivity contribution in [1.82, 2.24) is 0 Å². The summed E-state index contributed by atoms with van der Waals surface area (Å²) < 4.78 is 55.7. The van der Waals surface area contributed by atoms with Crippen LogP contribution in [0.15, 0.2) is 59.2 Å². The molecule has 0 spiro atoms. The number of rotatable bonds is 9. The summed E-state index contributed by atoms with van der Waals surface area (Å²) in [4.78, 5) is 0. The third kappa shape index (κ3) is 6.53. The zero-order valence-electron chi connectivity index (χ0n) is 21.3. The Morgan fingerprint density at radius 3 is 2.40 bits per heavy atom. The van der Waals surface area contributed by atoms with Gasteiger partial charge in [-0.15, -0.1) is 0 Å². The lowest BCUT2D eigenvalue weighted by molar-refractivity contribution is 0.0510. The van der Waals surface area contributed by atoms with Gasteiger partial charge in [0, 0.05) is 18.4 Å². The Kier molecular flexibility index (Phi) is 9.38. The summed E-state index contributed by atoms with van der Waals surface area (Å²) in [5.41, 5.74) is 0.618. The van der Waals surface area contributed by atoms with Crippen LogP contribution in [0.3, 0.4) is 0 Å². The lowest BCUT2D eigenvalue weighted by Gasteiger charge is -2.33. The maximum Gasteiger partial charge on any atom is 0.158 e. The Labute approximate surface area is 209 Å². The molecule has 0 aromatic carbocycles. The molecule has 0 radical (unpaired) electrons. The van der Waals surface area contributed by atoms with E-state index in [2.05, 4.69) is 6.92 Å². The van der Waals surface area contributed by atoms with Crippen LogP contribution in [0.25, 0.3) is 0 Å². The van der Waals surface area contributed by atoms with Crippen LogP contribution >= 0.6 is 0 Å². The van der Waals surface area contributed by atoms with E-state index in [1.807, 2.05) is 31.2 Å². The van der Waals surface area contributed by atoms with Gasteiger partial charge in [0.2, 0.25) is 0 Å². The minimum absolute atomic E-state index is 0.0205. The van der Waals surface area contributed by atoms with Crippen molar-refractivity contribution >= 4 is 0 Å². The van der Waals surface area contributed by atoms with E-state index in [1.165, 1.54) is 12.8 Å². The second-order valence-electron chi connectivity index (χ2n) is 10.7. The van der Waals surface area contributed by atoms with Crippen LogP contribution < -0.4 is 0 Å². The Hall–Kier alpha value is -1.75. The molecule has 0 aromatic rings. The largest absolute Gasteiger partial charge is 0.493 e. The highest BCUT2D eigenvalue weighted by atomic mass is 19.2. The van der Waals surface area contributed by atoms with E-state index < -0.39 is 23.7 Å². The molecule has 0 amide bonds. The average molecular weight is 491 g/mol. The first-order valence-electron chi connectivity index (χ1n) is 13.8. The van der Waals surface area contributed by atoms with Gasteiger partial charge in [0.05, 0.1) is 6.61 Å². The van der Waals surface area contributed by atoms with E-state index in [-0.39, 0.29) is 23.6 Å². The Bertz CT molecular complexity index is 876. The topological polar surface area (TPSA) is 18.5 Å². The first-order chi connectivity index (χ1) is 17.0. The number of halogens is 3. The normalized spacial score (nSPS) is 33.8. The van der Waals surface area contributed by atoms with E-state index in [4.69, 9.17) is 9.47 Å². The lowest BCUT2D eigenvalue weighted by Crippen LogP contribution is -2.23. The zero-order chi connectivity index (χ0) is 24.8. The molecule has 194 valence electrons. The fourth-order valence-electron chi connectivity index (χ4n) is 6.27. The second-order valence-corrected chi connectivity index (χ2v) is 10.7. The molecule has 0 aliphatic heterocycles. The van der Waals surface area contributed by atoms with E-state index in [0.717, 1.165) is 43.8 Å². The Balaban J connectivity index is 1.27. The van der Waals surface area contributed by atoms with Crippen LogP contribution in [0.1, 0.15) is 78.1 Å². The van der Waals surface area contributed by atoms with Crippen molar-refractivity contribution in [1.29, 1.82) is 0 Å². The quantitative estimate of drug-likeness (QED) is 0.321.